The highest BCUT2D eigenvalue weighted by atomic mass is 16.5. The van der Waals surface area contributed by atoms with Crippen LogP contribution < -0.4 is 10.6 Å². The number of esters is 1. The number of nitrogens with one attached hydrogen (secondary N) is 2. The Labute approximate surface area is 118 Å². The molecule has 0 saturated heterocycles. The fraction of sp³-hybridized carbons (Fsp3) is 0.467. The Bertz CT molecular complexity index is 500. The van der Waals surface area contributed by atoms with Crippen LogP contribution in [0.1, 0.15) is 35.7 Å². The summed E-state index contributed by atoms with van der Waals surface area (Å²) in [5, 5.41) is 6.04. The number of benzene rings is 1. The van der Waals surface area contributed by atoms with Crippen LogP contribution in [-0.2, 0) is 16.0 Å². The van der Waals surface area contributed by atoms with Gasteiger partial charge < -0.3 is 15.4 Å². The van der Waals surface area contributed by atoms with E-state index in [0.717, 1.165) is 25.1 Å². The number of hydrogen-bond donors (Lipinski definition) is 2. The lowest BCUT2D eigenvalue weighted by Crippen LogP contribution is -2.27. The van der Waals surface area contributed by atoms with Crippen LogP contribution in [0.2, 0.25) is 0 Å². The highest BCUT2D eigenvalue weighted by molar-refractivity contribution is 5.95. The molecular weight excluding hydrogens is 256 g/mol. The first-order chi connectivity index (χ1) is 9.70. The molecular formula is C15H20N2O3. The summed E-state index contributed by atoms with van der Waals surface area (Å²) in [6.45, 7) is 3.41. The highest BCUT2D eigenvalue weighted by Crippen LogP contribution is 2.22. The van der Waals surface area contributed by atoms with E-state index in [-0.39, 0.29) is 18.3 Å². The molecule has 5 heteroatoms. The normalized spacial score (nSPS) is 13.1. The molecule has 0 radical (unpaired) electrons. The monoisotopic (exact) mass is 276 g/mol. The second kappa shape index (κ2) is 6.93. The van der Waals surface area contributed by atoms with Crippen LogP contribution in [-0.4, -0.2) is 31.6 Å². The van der Waals surface area contributed by atoms with Gasteiger partial charge in [0.05, 0.1) is 13.0 Å². The molecule has 1 heterocycles. The van der Waals surface area contributed by atoms with Crippen LogP contribution >= 0.6 is 0 Å². The van der Waals surface area contributed by atoms with Gasteiger partial charge in [0.1, 0.15) is 0 Å². The van der Waals surface area contributed by atoms with Gasteiger partial charge in [0.2, 0.25) is 0 Å². The number of rotatable bonds is 5. The van der Waals surface area contributed by atoms with Crippen LogP contribution in [0.3, 0.4) is 0 Å². The van der Waals surface area contributed by atoms with E-state index in [1.807, 2.05) is 12.1 Å². The molecule has 1 amide bonds. The molecule has 20 heavy (non-hydrogen) atoms. The average molecular weight is 276 g/mol. The predicted octanol–water partition coefficient (Wildman–Crippen LogP) is 1.73. The molecule has 0 fully saturated rings. The Hall–Kier alpha value is -2.04. The van der Waals surface area contributed by atoms with Crippen molar-refractivity contribution in [3.05, 3.63) is 29.3 Å². The van der Waals surface area contributed by atoms with Crippen molar-refractivity contribution >= 4 is 17.6 Å². The summed E-state index contributed by atoms with van der Waals surface area (Å²) in [7, 11) is 0. The Morgan fingerprint density at radius 2 is 2.25 bits per heavy atom. The Morgan fingerprint density at radius 3 is 3.05 bits per heavy atom. The van der Waals surface area contributed by atoms with Crippen molar-refractivity contribution in [3.63, 3.8) is 0 Å². The number of fused-ring (bicyclic) bond motifs is 1. The Balaban J connectivity index is 1.88. The minimum atomic E-state index is -0.289. The van der Waals surface area contributed by atoms with E-state index in [2.05, 4.69) is 10.6 Å². The fourth-order valence-electron chi connectivity index (χ4n) is 2.23. The van der Waals surface area contributed by atoms with Gasteiger partial charge in [-0.25, -0.2) is 0 Å². The van der Waals surface area contributed by atoms with Crippen molar-refractivity contribution < 1.29 is 14.3 Å². The van der Waals surface area contributed by atoms with Gasteiger partial charge in [-0.15, -0.1) is 0 Å². The van der Waals surface area contributed by atoms with Gasteiger partial charge in [-0.3, -0.25) is 9.59 Å². The molecule has 1 aliphatic heterocycles. The SMILES string of the molecule is CCOC(=O)CCNC(=O)c1ccc2c(c1)CCCN2. The van der Waals surface area contributed by atoms with Crippen molar-refractivity contribution in [2.24, 2.45) is 0 Å². The van der Waals surface area contributed by atoms with E-state index in [4.69, 9.17) is 4.74 Å². The summed E-state index contributed by atoms with van der Waals surface area (Å²) >= 11 is 0. The molecule has 0 aromatic heterocycles. The Morgan fingerprint density at radius 1 is 1.40 bits per heavy atom. The van der Waals surface area contributed by atoms with Crippen molar-refractivity contribution in [3.8, 4) is 0 Å². The zero-order chi connectivity index (χ0) is 14.4. The number of amides is 1. The van der Waals surface area contributed by atoms with Gasteiger partial charge in [0, 0.05) is 24.3 Å². The maximum atomic E-state index is 12.0. The maximum absolute atomic E-state index is 12.0. The number of carbonyl (C=O) groups is 2. The molecule has 2 N–H and O–H groups in total. The van der Waals surface area contributed by atoms with E-state index in [1.54, 1.807) is 13.0 Å². The maximum Gasteiger partial charge on any atom is 0.307 e. The van der Waals surface area contributed by atoms with Crippen LogP contribution in [0.25, 0.3) is 0 Å². The third-order valence-electron chi connectivity index (χ3n) is 3.23. The van der Waals surface area contributed by atoms with Gasteiger partial charge in [-0.1, -0.05) is 0 Å². The summed E-state index contributed by atoms with van der Waals surface area (Å²) in [6.07, 6.45) is 2.28. The summed E-state index contributed by atoms with van der Waals surface area (Å²) < 4.78 is 4.81. The van der Waals surface area contributed by atoms with E-state index >= 15 is 0 Å². The molecule has 1 aromatic rings. The summed E-state index contributed by atoms with van der Waals surface area (Å²) in [6, 6.07) is 5.66. The minimum absolute atomic E-state index is 0.150. The first-order valence-electron chi connectivity index (χ1n) is 7.01. The molecule has 2 rings (SSSR count). The third-order valence-corrected chi connectivity index (χ3v) is 3.23. The number of aryl methyl sites for hydroxylation is 1. The van der Waals surface area contributed by atoms with E-state index in [0.29, 0.717) is 18.7 Å². The molecule has 1 aromatic carbocycles. The second-order valence-corrected chi connectivity index (χ2v) is 4.71. The third kappa shape index (κ3) is 3.73. The summed E-state index contributed by atoms with van der Waals surface area (Å²) in [5.41, 5.74) is 2.92. The summed E-state index contributed by atoms with van der Waals surface area (Å²) in [4.78, 5) is 23.2. The quantitative estimate of drug-likeness (QED) is 0.804. The van der Waals surface area contributed by atoms with Crippen molar-refractivity contribution in [2.75, 3.05) is 25.0 Å². The van der Waals surface area contributed by atoms with Gasteiger partial charge in [-0.2, -0.15) is 0 Å². The van der Waals surface area contributed by atoms with E-state index < -0.39 is 0 Å². The van der Waals surface area contributed by atoms with Crippen LogP contribution in [0.15, 0.2) is 18.2 Å². The number of hydrogen-bond acceptors (Lipinski definition) is 4. The summed E-state index contributed by atoms with van der Waals surface area (Å²) in [5.74, 6) is -0.440. The number of carbonyl (C=O) groups excluding carboxylic acids is 2. The molecule has 0 unspecified atom stereocenters. The molecule has 5 nitrogen and oxygen atoms in total. The molecule has 0 aliphatic carbocycles. The van der Waals surface area contributed by atoms with Crippen LogP contribution in [0.4, 0.5) is 5.69 Å². The van der Waals surface area contributed by atoms with Crippen molar-refractivity contribution in [1.82, 2.24) is 5.32 Å². The lowest BCUT2D eigenvalue weighted by molar-refractivity contribution is -0.142. The van der Waals surface area contributed by atoms with E-state index in [1.165, 1.54) is 5.56 Å². The fourth-order valence-corrected chi connectivity index (χ4v) is 2.23. The molecule has 0 spiro atoms. The lowest BCUT2D eigenvalue weighted by atomic mass is 10.0. The van der Waals surface area contributed by atoms with Crippen LogP contribution in [0, 0.1) is 0 Å². The van der Waals surface area contributed by atoms with Gasteiger partial charge in [-0.05, 0) is 43.5 Å². The first kappa shape index (κ1) is 14.4. The van der Waals surface area contributed by atoms with Gasteiger partial charge in [0.15, 0.2) is 0 Å². The molecule has 108 valence electrons. The molecule has 0 bridgehead atoms. The smallest absolute Gasteiger partial charge is 0.307 e. The molecule has 0 atom stereocenters. The standard InChI is InChI=1S/C15H20N2O3/c1-2-20-14(18)7-9-17-15(19)12-5-6-13-11(10-12)4-3-8-16-13/h5-6,10,16H,2-4,7-9H2,1H3,(H,17,19). The average Bonchev–Trinajstić information content (AvgIpc) is 2.47. The molecule has 1 aliphatic rings. The van der Waals surface area contributed by atoms with Crippen LogP contribution in [0.5, 0.6) is 0 Å². The lowest BCUT2D eigenvalue weighted by Gasteiger charge is -2.18. The van der Waals surface area contributed by atoms with Crippen molar-refractivity contribution in [2.45, 2.75) is 26.2 Å². The number of anilines is 1. The van der Waals surface area contributed by atoms with Crippen molar-refractivity contribution in [1.29, 1.82) is 0 Å². The predicted molar refractivity (Wildman–Crippen MR) is 76.8 cm³/mol. The second-order valence-electron chi connectivity index (χ2n) is 4.71. The first-order valence-corrected chi connectivity index (χ1v) is 7.01. The van der Waals surface area contributed by atoms with Gasteiger partial charge >= 0.3 is 5.97 Å². The van der Waals surface area contributed by atoms with Gasteiger partial charge in [0.25, 0.3) is 5.91 Å². The topological polar surface area (TPSA) is 67.4 Å². The minimum Gasteiger partial charge on any atom is -0.466 e. The number of ether oxygens (including phenoxy) is 1. The molecule has 0 saturated carbocycles. The zero-order valence-corrected chi connectivity index (χ0v) is 11.7. The zero-order valence-electron chi connectivity index (χ0n) is 11.7. The largest absolute Gasteiger partial charge is 0.466 e. The highest BCUT2D eigenvalue weighted by Gasteiger charge is 2.12. The Kier molecular flexibility index (Phi) is 4.98. The van der Waals surface area contributed by atoms with E-state index in [9.17, 15) is 9.59 Å².